The Morgan fingerprint density at radius 2 is 2.20 bits per heavy atom. The van der Waals surface area contributed by atoms with Crippen molar-refractivity contribution in [2.24, 2.45) is 0 Å². The number of rotatable bonds is 4. The summed E-state index contributed by atoms with van der Waals surface area (Å²) >= 11 is 0. The zero-order valence-electron chi connectivity index (χ0n) is 8.14. The predicted octanol–water partition coefficient (Wildman–Crippen LogP) is 2.45. The third kappa shape index (κ3) is 4.05. The summed E-state index contributed by atoms with van der Waals surface area (Å²) in [6.45, 7) is 1.13. The summed E-state index contributed by atoms with van der Waals surface area (Å²) in [5.41, 5.74) is 0.462. The van der Waals surface area contributed by atoms with E-state index in [4.69, 9.17) is 0 Å². The highest BCUT2D eigenvalue weighted by Crippen LogP contribution is 2.24. The molecule has 1 rings (SSSR count). The van der Waals surface area contributed by atoms with Crippen LogP contribution in [0, 0.1) is 0 Å². The van der Waals surface area contributed by atoms with Crippen LogP contribution in [0.4, 0.5) is 18.9 Å². The van der Waals surface area contributed by atoms with Gasteiger partial charge in [0.05, 0.1) is 11.9 Å². The van der Waals surface area contributed by atoms with E-state index in [9.17, 15) is 13.2 Å². The average Bonchev–Trinajstić information content (AvgIpc) is 2.16. The van der Waals surface area contributed by atoms with Crippen LogP contribution in [0.3, 0.4) is 0 Å². The highest BCUT2D eigenvalue weighted by Gasteiger charge is 2.28. The van der Waals surface area contributed by atoms with Gasteiger partial charge >= 0.3 is 6.18 Å². The molecule has 0 aromatic carbocycles. The monoisotopic (exact) mass is 220 g/mol. The quantitative estimate of drug-likeness (QED) is 0.846. The number of nitrogens with zero attached hydrogens (tertiary/aromatic N) is 1. The standard InChI is InChI=1S/C9H11F3N2O/c1-2-14-7-5-13-4-3-8(7)15-6-9(10,11)12/h3-5,14H,2,6H2,1H3. The Bertz CT molecular complexity index is 314. The number of pyridine rings is 1. The summed E-state index contributed by atoms with van der Waals surface area (Å²) in [4.78, 5) is 3.78. The van der Waals surface area contributed by atoms with Crippen LogP contribution in [0.25, 0.3) is 0 Å². The molecule has 0 atom stereocenters. The van der Waals surface area contributed by atoms with Gasteiger partial charge in [-0.15, -0.1) is 0 Å². The maximum Gasteiger partial charge on any atom is 0.422 e. The van der Waals surface area contributed by atoms with Crippen LogP contribution in [-0.2, 0) is 0 Å². The number of halogens is 3. The molecule has 6 heteroatoms. The Labute approximate surface area is 85.3 Å². The summed E-state index contributed by atoms with van der Waals surface area (Å²) in [5, 5.41) is 2.86. The van der Waals surface area contributed by atoms with Crippen molar-refractivity contribution in [1.29, 1.82) is 0 Å². The molecule has 1 aromatic heterocycles. The van der Waals surface area contributed by atoms with E-state index in [0.29, 0.717) is 12.2 Å². The summed E-state index contributed by atoms with van der Waals surface area (Å²) in [7, 11) is 0. The minimum absolute atomic E-state index is 0.157. The first kappa shape index (κ1) is 11.6. The second-order valence-corrected chi connectivity index (χ2v) is 2.81. The van der Waals surface area contributed by atoms with E-state index in [2.05, 4.69) is 15.0 Å². The second kappa shape index (κ2) is 4.86. The fourth-order valence-corrected chi connectivity index (χ4v) is 0.990. The fourth-order valence-electron chi connectivity index (χ4n) is 0.990. The molecule has 0 aliphatic rings. The number of hydrogen-bond acceptors (Lipinski definition) is 3. The molecule has 0 amide bonds. The van der Waals surface area contributed by atoms with Crippen LogP contribution < -0.4 is 10.1 Å². The molecule has 0 spiro atoms. The van der Waals surface area contributed by atoms with Crippen LogP contribution in [-0.4, -0.2) is 24.3 Å². The molecular weight excluding hydrogens is 209 g/mol. The zero-order chi connectivity index (χ0) is 11.3. The Hall–Kier alpha value is -1.46. The van der Waals surface area contributed by atoms with Gasteiger partial charge in [-0.3, -0.25) is 4.98 Å². The van der Waals surface area contributed by atoms with E-state index < -0.39 is 12.8 Å². The molecule has 0 bridgehead atoms. The van der Waals surface area contributed by atoms with Gasteiger partial charge in [0.15, 0.2) is 6.61 Å². The normalized spacial score (nSPS) is 11.2. The third-order valence-electron chi connectivity index (χ3n) is 1.54. The molecule has 0 saturated heterocycles. The maximum absolute atomic E-state index is 11.9. The zero-order valence-corrected chi connectivity index (χ0v) is 8.14. The van der Waals surface area contributed by atoms with Crippen molar-refractivity contribution in [2.75, 3.05) is 18.5 Å². The maximum atomic E-state index is 11.9. The smallest absolute Gasteiger partial charge is 0.422 e. The van der Waals surface area contributed by atoms with Gasteiger partial charge in [0.25, 0.3) is 0 Å². The first-order valence-electron chi connectivity index (χ1n) is 4.40. The molecule has 84 valence electrons. The van der Waals surface area contributed by atoms with Crippen molar-refractivity contribution in [3.05, 3.63) is 18.5 Å². The van der Waals surface area contributed by atoms with Gasteiger partial charge in [-0.05, 0) is 6.92 Å². The molecule has 0 unspecified atom stereocenters. The van der Waals surface area contributed by atoms with Crippen molar-refractivity contribution >= 4 is 5.69 Å². The van der Waals surface area contributed by atoms with Crippen LogP contribution in [0.15, 0.2) is 18.5 Å². The number of aromatic nitrogens is 1. The SMILES string of the molecule is CCNc1cnccc1OCC(F)(F)F. The Morgan fingerprint density at radius 3 is 2.80 bits per heavy atom. The van der Waals surface area contributed by atoms with Gasteiger partial charge in [-0.25, -0.2) is 0 Å². The van der Waals surface area contributed by atoms with Crippen molar-refractivity contribution in [1.82, 2.24) is 4.98 Å². The highest BCUT2D eigenvalue weighted by atomic mass is 19.4. The molecular formula is C9H11F3N2O. The van der Waals surface area contributed by atoms with Crippen LogP contribution in [0.1, 0.15) is 6.92 Å². The van der Waals surface area contributed by atoms with E-state index in [1.165, 1.54) is 18.5 Å². The van der Waals surface area contributed by atoms with E-state index in [0.717, 1.165) is 0 Å². The van der Waals surface area contributed by atoms with Gasteiger partial charge in [0, 0.05) is 18.8 Å². The summed E-state index contributed by atoms with van der Waals surface area (Å²) in [6, 6.07) is 1.39. The van der Waals surface area contributed by atoms with Crippen molar-refractivity contribution in [3.8, 4) is 5.75 Å². The van der Waals surface area contributed by atoms with Crippen LogP contribution >= 0.6 is 0 Å². The van der Waals surface area contributed by atoms with Gasteiger partial charge in [0.1, 0.15) is 5.75 Å². The molecule has 3 nitrogen and oxygen atoms in total. The molecule has 0 fully saturated rings. The number of nitrogens with one attached hydrogen (secondary N) is 1. The molecule has 0 saturated carbocycles. The van der Waals surface area contributed by atoms with Crippen molar-refractivity contribution in [2.45, 2.75) is 13.1 Å². The van der Waals surface area contributed by atoms with E-state index in [1.807, 2.05) is 6.92 Å². The molecule has 1 aromatic rings. The lowest BCUT2D eigenvalue weighted by Gasteiger charge is -2.12. The Morgan fingerprint density at radius 1 is 1.47 bits per heavy atom. The second-order valence-electron chi connectivity index (χ2n) is 2.81. The lowest BCUT2D eigenvalue weighted by Crippen LogP contribution is -2.19. The van der Waals surface area contributed by atoms with Crippen molar-refractivity contribution < 1.29 is 17.9 Å². The topological polar surface area (TPSA) is 34.2 Å². The summed E-state index contributed by atoms with van der Waals surface area (Å²) in [5.74, 6) is 0.157. The van der Waals surface area contributed by atoms with Crippen LogP contribution in [0.5, 0.6) is 5.75 Å². The molecule has 0 radical (unpaired) electrons. The van der Waals surface area contributed by atoms with E-state index in [1.54, 1.807) is 0 Å². The van der Waals surface area contributed by atoms with Gasteiger partial charge in [-0.1, -0.05) is 0 Å². The summed E-state index contributed by atoms with van der Waals surface area (Å²) < 4.78 is 40.3. The van der Waals surface area contributed by atoms with Gasteiger partial charge in [-0.2, -0.15) is 13.2 Å². The largest absolute Gasteiger partial charge is 0.482 e. The van der Waals surface area contributed by atoms with Crippen molar-refractivity contribution in [3.63, 3.8) is 0 Å². The van der Waals surface area contributed by atoms with Crippen LogP contribution in [0.2, 0.25) is 0 Å². The fraction of sp³-hybridized carbons (Fsp3) is 0.444. The first-order valence-corrected chi connectivity index (χ1v) is 4.40. The molecule has 0 aliphatic carbocycles. The Kier molecular flexibility index (Phi) is 3.76. The number of hydrogen-bond donors (Lipinski definition) is 1. The first-order chi connectivity index (χ1) is 7.03. The highest BCUT2D eigenvalue weighted by molar-refractivity contribution is 5.53. The molecule has 1 heterocycles. The van der Waals surface area contributed by atoms with Gasteiger partial charge in [0.2, 0.25) is 0 Å². The Balaban J connectivity index is 2.67. The minimum atomic E-state index is -4.33. The third-order valence-corrected chi connectivity index (χ3v) is 1.54. The minimum Gasteiger partial charge on any atom is -0.482 e. The number of alkyl halides is 3. The number of anilines is 1. The lowest BCUT2D eigenvalue weighted by molar-refractivity contribution is -0.153. The molecule has 0 aliphatic heterocycles. The van der Waals surface area contributed by atoms with E-state index in [-0.39, 0.29) is 5.75 Å². The summed E-state index contributed by atoms with van der Waals surface area (Å²) in [6.07, 6.45) is -1.52. The van der Waals surface area contributed by atoms with E-state index >= 15 is 0 Å². The number of ether oxygens (including phenoxy) is 1. The molecule has 15 heavy (non-hydrogen) atoms. The average molecular weight is 220 g/mol. The predicted molar refractivity (Wildman–Crippen MR) is 50.0 cm³/mol. The molecule has 1 N–H and O–H groups in total. The lowest BCUT2D eigenvalue weighted by atomic mass is 10.4. The van der Waals surface area contributed by atoms with Gasteiger partial charge < -0.3 is 10.1 Å².